The molecule has 1 aliphatic heterocycles. The number of amides is 1. The summed E-state index contributed by atoms with van der Waals surface area (Å²) in [5, 5.41) is -1.51. The van der Waals surface area contributed by atoms with Crippen molar-refractivity contribution in [3.8, 4) is 0 Å². The van der Waals surface area contributed by atoms with Gasteiger partial charge >= 0.3 is 6.18 Å². The van der Waals surface area contributed by atoms with Gasteiger partial charge in [0.1, 0.15) is 5.25 Å². The van der Waals surface area contributed by atoms with Crippen molar-refractivity contribution < 1.29 is 26.4 Å². The molecule has 1 aromatic rings. The summed E-state index contributed by atoms with van der Waals surface area (Å²) in [4.78, 5) is 13.2. The van der Waals surface area contributed by atoms with Crippen molar-refractivity contribution >= 4 is 15.7 Å². The van der Waals surface area contributed by atoms with Crippen molar-refractivity contribution in [3.63, 3.8) is 0 Å². The van der Waals surface area contributed by atoms with Crippen LogP contribution in [0.5, 0.6) is 0 Å². The molecular formula is C15H18F3NO3S. The van der Waals surface area contributed by atoms with Gasteiger partial charge in [-0.3, -0.25) is 4.79 Å². The van der Waals surface area contributed by atoms with Gasteiger partial charge in [0, 0.05) is 12.8 Å². The van der Waals surface area contributed by atoms with Gasteiger partial charge in [-0.25, -0.2) is 8.42 Å². The van der Waals surface area contributed by atoms with Crippen molar-refractivity contribution in [2.45, 2.75) is 36.7 Å². The summed E-state index contributed by atoms with van der Waals surface area (Å²) in [5.74, 6) is -1.01. The van der Waals surface area contributed by atoms with E-state index in [9.17, 15) is 26.4 Å². The third-order valence-corrected chi connectivity index (χ3v) is 5.84. The van der Waals surface area contributed by atoms with Gasteiger partial charge in [-0.15, -0.1) is 0 Å². The Labute approximate surface area is 133 Å². The third kappa shape index (κ3) is 2.96. The quantitative estimate of drug-likeness (QED) is 0.843. The summed E-state index contributed by atoms with van der Waals surface area (Å²) in [6.45, 7) is 1.01. The molecule has 0 saturated carbocycles. The van der Waals surface area contributed by atoms with Crippen LogP contribution in [0, 0.1) is 0 Å². The molecule has 1 aromatic carbocycles. The van der Waals surface area contributed by atoms with E-state index in [1.165, 1.54) is 24.3 Å². The number of carbonyl (C=O) groups is 1. The van der Waals surface area contributed by atoms with Crippen molar-refractivity contribution in [2.24, 2.45) is 0 Å². The third-order valence-electron chi connectivity index (χ3n) is 4.36. The van der Waals surface area contributed by atoms with Crippen LogP contribution in [0.2, 0.25) is 0 Å². The van der Waals surface area contributed by atoms with Crippen LogP contribution in [0.3, 0.4) is 0 Å². The van der Waals surface area contributed by atoms with Gasteiger partial charge in [0.15, 0.2) is 15.4 Å². The largest absolute Gasteiger partial charge is 0.415 e. The Hall–Kier alpha value is -1.57. The van der Waals surface area contributed by atoms with E-state index in [1.54, 1.807) is 6.07 Å². The Balaban J connectivity index is 2.57. The summed E-state index contributed by atoms with van der Waals surface area (Å²) >= 11 is 0. The summed E-state index contributed by atoms with van der Waals surface area (Å²) < 4.78 is 65.0. The molecule has 1 fully saturated rings. The molecule has 2 atom stereocenters. The second kappa shape index (κ2) is 5.81. The highest BCUT2D eigenvalue weighted by molar-refractivity contribution is 7.92. The van der Waals surface area contributed by atoms with Crippen LogP contribution < -0.4 is 0 Å². The monoisotopic (exact) mass is 349 g/mol. The first-order valence-corrected chi connectivity index (χ1v) is 9.10. The van der Waals surface area contributed by atoms with E-state index in [-0.39, 0.29) is 24.9 Å². The maximum Gasteiger partial charge on any atom is 0.415 e. The van der Waals surface area contributed by atoms with E-state index >= 15 is 0 Å². The highest BCUT2D eigenvalue weighted by atomic mass is 32.2. The number of nitrogens with zero attached hydrogens (tertiary/aromatic N) is 1. The lowest BCUT2D eigenvalue weighted by Crippen LogP contribution is -2.57. The maximum atomic E-state index is 13.9. The Morgan fingerprint density at radius 1 is 1.26 bits per heavy atom. The normalized spacial score (nSPS) is 23.8. The van der Waals surface area contributed by atoms with Crippen molar-refractivity contribution in [2.75, 3.05) is 12.8 Å². The molecule has 0 unspecified atom stereocenters. The molecule has 23 heavy (non-hydrogen) atoms. The molecule has 0 N–H and O–H groups in total. The maximum absolute atomic E-state index is 13.9. The number of benzene rings is 1. The lowest BCUT2D eigenvalue weighted by molar-refractivity contribution is -0.228. The molecule has 8 heteroatoms. The van der Waals surface area contributed by atoms with Crippen molar-refractivity contribution in [1.29, 1.82) is 0 Å². The van der Waals surface area contributed by atoms with Gasteiger partial charge < -0.3 is 4.90 Å². The second-order valence-electron chi connectivity index (χ2n) is 5.79. The van der Waals surface area contributed by atoms with E-state index in [2.05, 4.69) is 0 Å². The van der Waals surface area contributed by atoms with Gasteiger partial charge in [0.2, 0.25) is 5.91 Å². The molecule has 4 nitrogen and oxygen atoms in total. The van der Waals surface area contributed by atoms with E-state index in [0.29, 0.717) is 4.90 Å². The first-order chi connectivity index (χ1) is 10.5. The molecule has 2 rings (SSSR count). The molecule has 1 aliphatic rings. The smallest absolute Gasteiger partial charge is 0.323 e. The lowest BCUT2D eigenvalue weighted by Gasteiger charge is -2.41. The minimum atomic E-state index is -4.70. The molecule has 1 saturated heterocycles. The minimum Gasteiger partial charge on any atom is -0.323 e. The number of hydrogen-bond acceptors (Lipinski definition) is 3. The molecule has 1 amide bonds. The zero-order valence-corrected chi connectivity index (χ0v) is 13.6. The van der Waals surface area contributed by atoms with Gasteiger partial charge in [0.05, 0.1) is 0 Å². The Morgan fingerprint density at radius 2 is 1.83 bits per heavy atom. The van der Waals surface area contributed by atoms with E-state index in [4.69, 9.17) is 0 Å². The SMILES string of the molecule is C[C@H](C(=O)N1CCC[C@]1(c1ccccc1)C(F)(F)F)S(C)(=O)=O. The van der Waals surface area contributed by atoms with Crippen LogP contribution in [0.4, 0.5) is 13.2 Å². The Bertz CT molecular complexity index is 688. The molecule has 0 spiro atoms. The highest BCUT2D eigenvalue weighted by Gasteiger charge is 2.63. The van der Waals surface area contributed by atoms with Crippen LogP contribution in [-0.2, 0) is 20.2 Å². The molecule has 0 aromatic heterocycles. The summed E-state index contributed by atoms with van der Waals surface area (Å²) in [7, 11) is -3.78. The molecule has 128 valence electrons. The highest BCUT2D eigenvalue weighted by Crippen LogP contribution is 2.50. The van der Waals surface area contributed by atoms with Crippen LogP contribution in [-0.4, -0.2) is 43.5 Å². The number of sulfone groups is 1. The molecule has 0 aliphatic carbocycles. The standard InChI is InChI=1S/C15H18F3NO3S/c1-11(23(2,21)22)13(20)19-10-6-9-14(19,15(16,17)18)12-7-4-3-5-8-12/h3-5,7-8,11H,6,9-10H2,1-2H3/t11-,14+/m1/s1. The molecule has 1 heterocycles. The Kier molecular flexibility index (Phi) is 4.49. The minimum absolute atomic E-state index is 0.0425. The summed E-state index contributed by atoms with van der Waals surface area (Å²) in [5.41, 5.74) is -2.51. The molecular weight excluding hydrogens is 331 g/mol. The molecule has 0 bridgehead atoms. The number of alkyl halides is 3. The van der Waals surface area contributed by atoms with Gasteiger partial charge in [-0.1, -0.05) is 30.3 Å². The lowest BCUT2D eigenvalue weighted by atomic mass is 9.86. The van der Waals surface area contributed by atoms with Crippen molar-refractivity contribution in [3.05, 3.63) is 35.9 Å². The zero-order valence-electron chi connectivity index (χ0n) is 12.8. The predicted octanol–water partition coefficient (Wildman–Crippen LogP) is 2.50. The fourth-order valence-electron chi connectivity index (χ4n) is 2.99. The van der Waals surface area contributed by atoms with E-state index < -0.39 is 32.7 Å². The average molecular weight is 349 g/mol. The number of hydrogen-bond donors (Lipinski definition) is 0. The number of rotatable bonds is 3. The zero-order chi connectivity index (χ0) is 17.5. The second-order valence-corrected chi connectivity index (χ2v) is 8.16. The first-order valence-electron chi connectivity index (χ1n) is 7.14. The summed E-state index contributed by atoms with van der Waals surface area (Å²) in [6.07, 6.45) is -3.96. The average Bonchev–Trinajstić information content (AvgIpc) is 2.91. The van der Waals surface area contributed by atoms with Gasteiger partial charge in [-0.05, 0) is 25.3 Å². The number of carbonyl (C=O) groups excluding carboxylic acids is 1. The van der Waals surface area contributed by atoms with Gasteiger partial charge in [0.25, 0.3) is 0 Å². The fourth-order valence-corrected chi connectivity index (χ4v) is 3.49. The number of likely N-dealkylation sites (tertiary alicyclic amines) is 1. The van der Waals surface area contributed by atoms with Gasteiger partial charge in [-0.2, -0.15) is 13.2 Å². The first kappa shape index (κ1) is 17.8. The van der Waals surface area contributed by atoms with Crippen LogP contribution in [0.15, 0.2) is 30.3 Å². The Morgan fingerprint density at radius 3 is 2.30 bits per heavy atom. The topological polar surface area (TPSA) is 54.5 Å². The predicted molar refractivity (Wildman–Crippen MR) is 79.4 cm³/mol. The molecule has 0 radical (unpaired) electrons. The van der Waals surface area contributed by atoms with Crippen molar-refractivity contribution in [1.82, 2.24) is 4.90 Å². The van der Waals surface area contributed by atoms with Crippen LogP contribution in [0.25, 0.3) is 0 Å². The van der Waals surface area contributed by atoms with E-state index in [1.807, 2.05) is 0 Å². The number of halogens is 3. The van der Waals surface area contributed by atoms with Crippen LogP contribution >= 0.6 is 0 Å². The fraction of sp³-hybridized carbons (Fsp3) is 0.533. The van der Waals surface area contributed by atoms with E-state index in [0.717, 1.165) is 13.2 Å². The van der Waals surface area contributed by atoms with Crippen LogP contribution in [0.1, 0.15) is 25.3 Å². The summed E-state index contributed by atoms with van der Waals surface area (Å²) in [6, 6.07) is 7.19.